The van der Waals surface area contributed by atoms with E-state index in [4.69, 9.17) is 5.11 Å². The number of carbonyl (C=O) groups is 2. The number of aliphatic carboxylic acids is 1. The highest BCUT2D eigenvalue weighted by Gasteiger charge is 2.34. The van der Waals surface area contributed by atoms with Crippen molar-refractivity contribution in [3.8, 4) is 0 Å². The predicted molar refractivity (Wildman–Crippen MR) is 65.9 cm³/mol. The number of carbonyl (C=O) groups excluding carboxylic acids is 1. The molecule has 1 aliphatic rings. The van der Waals surface area contributed by atoms with E-state index in [1.165, 1.54) is 18.5 Å². The van der Waals surface area contributed by atoms with Gasteiger partial charge in [0.1, 0.15) is 0 Å². The molecule has 5 heteroatoms. The van der Waals surface area contributed by atoms with Gasteiger partial charge >= 0.3 is 5.97 Å². The van der Waals surface area contributed by atoms with Crippen LogP contribution in [0.25, 0.3) is 6.08 Å². The molecule has 1 amide bonds. The van der Waals surface area contributed by atoms with Crippen LogP contribution in [0.15, 0.2) is 24.5 Å². The Balaban J connectivity index is 2.16. The van der Waals surface area contributed by atoms with Gasteiger partial charge in [-0.25, -0.2) is 4.79 Å². The van der Waals surface area contributed by atoms with Gasteiger partial charge in [-0.3, -0.25) is 9.78 Å². The number of nitrogens with zero attached hydrogens (tertiary/aromatic N) is 1. The first-order valence-corrected chi connectivity index (χ1v) is 5.74. The summed E-state index contributed by atoms with van der Waals surface area (Å²) in [5.41, 5.74) is 0.951. The van der Waals surface area contributed by atoms with Gasteiger partial charge in [0.2, 0.25) is 0 Å². The van der Waals surface area contributed by atoms with Gasteiger partial charge in [0.05, 0.1) is 0 Å². The summed E-state index contributed by atoms with van der Waals surface area (Å²) in [5.74, 6) is -0.716. The van der Waals surface area contributed by atoms with Crippen molar-refractivity contribution in [3.63, 3.8) is 0 Å². The highest BCUT2D eigenvalue weighted by Crippen LogP contribution is 2.29. The van der Waals surface area contributed by atoms with E-state index in [2.05, 4.69) is 17.2 Å². The van der Waals surface area contributed by atoms with Crippen LogP contribution in [0.1, 0.15) is 29.3 Å². The minimum Gasteiger partial charge on any atom is -0.478 e. The van der Waals surface area contributed by atoms with Gasteiger partial charge in [-0.2, -0.15) is 0 Å². The molecule has 2 rings (SSSR count). The summed E-state index contributed by atoms with van der Waals surface area (Å²) in [6.07, 6.45) is 6.36. The van der Waals surface area contributed by atoms with Crippen LogP contribution in [0.4, 0.5) is 0 Å². The number of pyridine rings is 1. The molecule has 2 atom stereocenters. The van der Waals surface area contributed by atoms with Crippen LogP contribution < -0.4 is 5.32 Å². The van der Waals surface area contributed by atoms with E-state index >= 15 is 0 Å². The largest absolute Gasteiger partial charge is 0.478 e. The first-order chi connectivity index (χ1) is 8.58. The Morgan fingerprint density at radius 2 is 2.28 bits per heavy atom. The minimum atomic E-state index is -1.05. The second-order valence-electron chi connectivity index (χ2n) is 4.43. The molecule has 5 nitrogen and oxygen atoms in total. The second kappa shape index (κ2) is 5.00. The van der Waals surface area contributed by atoms with E-state index in [1.807, 2.05) is 0 Å². The standard InChI is InChI=1S/C13H14N2O3/c1-8-6-11(8)15-13(18)10-4-5-14-7-9(10)2-3-12(16)17/h2-5,7-8,11H,6H2,1H3,(H,15,18)(H,16,17). The summed E-state index contributed by atoms with van der Waals surface area (Å²) in [5, 5.41) is 11.5. The first kappa shape index (κ1) is 12.3. The van der Waals surface area contributed by atoms with Crippen molar-refractivity contribution in [1.82, 2.24) is 10.3 Å². The SMILES string of the molecule is CC1CC1NC(=O)c1ccncc1C=CC(=O)O. The number of carboxylic acids is 1. The van der Waals surface area contributed by atoms with E-state index in [1.54, 1.807) is 6.07 Å². The molecular weight excluding hydrogens is 232 g/mol. The number of aromatic nitrogens is 1. The molecule has 0 aliphatic heterocycles. The molecule has 2 unspecified atom stereocenters. The summed E-state index contributed by atoms with van der Waals surface area (Å²) < 4.78 is 0. The number of rotatable bonds is 4. The number of hydrogen-bond acceptors (Lipinski definition) is 3. The van der Waals surface area contributed by atoms with Gasteiger partial charge in [0.15, 0.2) is 0 Å². The van der Waals surface area contributed by atoms with Crippen LogP contribution in [0.2, 0.25) is 0 Å². The Morgan fingerprint density at radius 3 is 2.89 bits per heavy atom. The maximum absolute atomic E-state index is 12.0. The Kier molecular flexibility index (Phi) is 3.41. The van der Waals surface area contributed by atoms with Crippen LogP contribution in [0, 0.1) is 5.92 Å². The fourth-order valence-corrected chi connectivity index (χ4v) is 1.68. The van der Waals surface area contributed by atoms with Gasteiger partial charge in [-0.05, 0) is 24.5 Å². The third-order valence-corrected chi connectivity index (χ3v) is 2.93. The summed E-state index contributed by atoms with van der Waals surface area (Å²) >= 11 is 0. The van der Waals surface area contributed by atoms with Crippen LogP contribution >= 0.6 is 0 Å². The maximum atomic E-state index is 12.0. The zero-order valence-corrected chi connectivity index (χ0v) is 9.96. The smallest absolute Gasteiger partial charge is 0.328 e. The molecule has 18 heavy (non-hydrogen) atoms. The fourth-order valence-electron chi connectivity index (χ4n) is 1.68. The Hall–Kier alpha value is -2.17. The lowest BCUT2D eigenvalue weighted by molar-refractivity contribution is -0.131. The zero-order valence-electron chi connectivity index (χ0n) is 9.96. The second-order valence-corrected chi connectivity index (χ2v) is 4.43. The number of carboxylic acid groups (broad SMARTS) is 1. The van der Waals surface area contributed by atoms with Crippen molar-refractivity contribution in [1.29, 1.82) is 0 Å². The van der Waals surface area contributed by atoms with Crippen LogP contribution in [0.5, 0.6) is 0 Å². The Morgan fingerprint density at radius 1 is 1.56 bits per heavy atom. The van der Waals surface area contributed by atoms with Gasteiger partial charge in [0, 0.05) is 35.6 Å². The molecule has 1 saturated carbocycles. The van der Waals surface area contributed by atoms with E-state index in [0.29, 0.717) is 17.0 Å². The number of nitrogens with one attached hydrogen (secondary N) is 1. The minimum absolute atomic E-state index is 0.184. The van der Waals surface area contributed by atoms with E-state index < -0.39 is 5.97 Å². The van der Waals surface area contributed by atoms with E-state index in [0.717, 1.165) is 12.5 Å². The average Bonchev–Trinajstić information content (AvgIpc) is 3.02. The lowest BCUT2D eigenvalue weighted by Gasteiger charge is -2.06. The first-order valence-electron chi connectivity index (χ1n) is 5.74. The molecule has 0 aromatic carbocycles. The van der Waals surface area contributed by atoms with Gasteiger partial charge in [0.25, 0.3) is 5.91 Å². The third-order valence-electron chi connectivity index (χ3n) is 2.93. The predicted octanol–water partition coefficient (Wildman–Crippen LogP) is 1.32. The topological polar surface area (TPSA) is 79.3 Å². The molecule has 1 fully saturated rings. The van der Waals surface area contributed by atoms with Crippen molar-refractivity contribution in [3.05, 3.63) is 35.7 Å². The third kappa shape index (κ3) is 2.94. The molecule has 1 aliphatic carbocycles. The molecule has 0 saturated heterocycles. The zero-order chi connectivity index (χ0) is 13.1. The molecule has 0 radical (unpaired) electrons. The molecule has 1 heterocycles. The van der Waals surface area contributed by atoms with Crippen molar-refractivity contribution in [2.45, 2.75) is 19.4 Å². The average molecular weight is 246 g/mol. The van der Waals surface area contributed by atoms with Gasteiger partial charge in [-0.1, -0.05) is 6.92 Å². The highest BCUT2D eigenvalue weighted by molar-refractivity contribution is 5.99. The Bertz CT molecular complexity index is 511. The highest BCUT2D eigenvalue weighted by atomic mass is 16.4. The van der Waals surface area contributed by atoms with Crippen molar-refractivity contribution >= 4 is 18.0 Å². The summed E-state index contributed by atoms with van der Waals surface area (Å²) in [7, 11) is 0. The van der Waals surface area contributed by atoms with Crippen molar-refractivity contribution in [2.24, 2.45) is 5.92 Å². The van der Waals surface area contributed by atoms with Crippen LogP contribution in [-0.4, -0.2) is 28.0 Å². The molecule has 2 N–H and O–H groups in total. The van der Waals surface area contributed by atoms with Gasteiger partial charge in [-0.15, -0.1) is 0 Å². The molecular formula is C13H14N2O3. The van der Waals surface area contributed by atoms with Gasteiger partial charge < -0.3 is 10.4 Å². The van der Waals surface area contributed by atoms with E-state index in [-0.39, 0.29) is 11.9 Å². The molecule has 94 valence electrons. The molecule has 1 aromatic rings. The summed E-state index contributed by atoms with van der Waals surface area (Å²) in [6.45, 7) is 2.07. The van der Waals surface area contributed by atoms with Crippen LogP contribution in [0.3, 0.4) is 0 Å². The molecule has 0 spiro atoms. The Labute approximate surface area is 105 Å². The summed E-state index contributed by atoms with van der Waals surface area (Å²) in [4.78, 5) is 26.4. The number of amides is 1. The van der Waals surface area contributed by atoms with Crippen LogP contribution in [-0.2, 0) is 4.79 Å². The van der Waals surface area contributed by atoms with Crippen molar-refractivity contribution in [2.75, 3.05) is 0 Å². The van der Waals surface area contributed by atoms with Crippen molar-refractivity contribution < 1.29 is 14.7 Å². The normalized spacial score (nSPS) is 21.8. The lowest BCUT2D eigenvalue weighted by atomic mass is 10.1. The van der Waals surface area contributed by atoms with E-state index in [9.17, 15) is 9.59 Å². The fraction of sp³-hybridized carbons (Fsp3) is 0.308. The maximum Gasteiger partial charge on any atom is 0.328 e. The molecule has 0 bridgehead atoms. The monoisotopic (exact) mass is 246 g/mol. The molecule has 1 aromatic heterocycles. The lowest BCUT2D eigenvalue weighted by Crippen LogP contribution is -2.27. The number of hydrogen-bond donors (Lipinski definition) is 2. The summed E-state index contributed by atoms with van der Waals surface area (Å²) in [6, 6.07) is 1.83. The quantitative estimate of drug-likeness (QED) is 0.785.